The number of rotatable bonds is 7. The van der Waals surface area contributed by atoms with E-state index in [-0.39, 0.29) is 18.0 Å². The molecule has 0 aromatic heterocycles. The summed E-state index contributed by atoms with van der Waals surface area (Å²) in [5.74, 6) is 0.0230. The van der Waals surface area contributed by atoms with E-state index in [1.54, 1.807) is 25.3 Å². The second-order valence-electron chi connectivity index (χ2n) is 5.17. The fraction of sp³-hybridized carbons (Fsp3) is 0.222. The van der Waals surface area contributed by atoms with Crippen LogP contribution < -0.4 is 15.4 Å². The molecule has 0 unspecified atom stereocenters. The van der Waals surface area contributed by atoms with Gasteiger partial charge in [0, 0.05) is 12.2 Å². The second kappa shape index (κ2) is 8.94. The average Bonchev–Trinajstić information content (AvgIpc) is 2.65. The normalized spacial score (nSPS) is 10.0. The van der Waals surface area contributed by atoms with E-state index in [9.17, 15) is 9.59 Å². The number of carbonyl (C=O) groups excluding carboxylic acids is 2. The highest BCUT2D eigenvalue weighted by Gasteiger charge is 2.11. The van der Waals surface area contributed by atoms with Crippen molar-refractivity contribution in [2.24, 2.45) is 0 Å². The Labute approximate surface area is 151 Å². The van der Waals surface area contributed by atoms with Gasteiger partial charge in [-0.3, -0.25) is 4.79 Å². The Bertz CT molecular complexity index is 764. The molecule has 2 aromatic carbocycles. The number of amides is 1. The minimum Gasteiger partial charge on any atom is -0.497 e. The van der Waals surface area contributed by atoms with Crippen molar-refractivity contribution in [1.29, 1.82) is 0 Å². The van der Waals surface area contributed by atoms with Crippen LogP contribution in [0.2, 0.25) is 5.02 Å². The molecule has 0 saturated heterocycles. The monoisotopic (exact) mass is 362 g/mol. The summed E-state index contributed by atoms with van der Waals surface area (Å²) >= 11 is 5.96. The molecular formula is C18H19ClN2O4. The molecule has 0 spiro atoms. The van der Waals surface area contributed by atoms with Gasteiger partial charge in [-0.2, -0.15) is 0 Å². The van der Waals surface area contributed by atoms with Crippen LogP contribution in [0.4, 0.5) is 5.69 Å². The maximum atomic E-state index is 12.0. The molecule has 0 bridgehead atoms. The van der Waals surface area contributed by atoms with E-state index in [0.29, 0.717) is 17.3 Å². The lowest BCUT2D eigenvalue weighted by molar-refractivity contribution is -0.119. The Balaban J connectivity index is 1.88. The first-order valence-electron chi connectivity index (χ1n) is 7.55. The first-order chi connectivity index (χ1) is 12.0. The number of hydrogen-bond donors (Lipinski definition) is 2. The Morgan fingerprint density at radius 1 is 1.12 bits per heavy atom. The van der Waals surface area contributed by atoms with Gasteiger partial charge < -0.3 is 20.1 Å². The number of ether oxygens (including phenoxy) is 2. The van der Waals surface area contributed by atoms with Crippen molar-refractivity contribution in [2.75, 3.05) is 26.1 Å². The van der Waals surface area contributed by atoms with E-state index in [1.807, 2.05) is 24.3 Å². The molecule has 25 heavy (non-hydrogen) atoms. The first-order valence-corrected chi connectivity index (χ1v) is 7.92. The van der Waals surface area contributed by atoms with Crippen molar-refractivity contribution < 1.29 is 19.1 Å². The standard InChI is InChI=1S/C18H19ClN2O4/c1-24-14-5-3-4-12(8-14)10-21-17(22)11-20-13-6-7-16(19)15(9-13)18(23)25-2/h3-9,20H,10-11H2,1-2H3,(H,21,22). The lowest BCUT2D eigenvalue weighted by atomic mass is 10.2. The third kappa shape index (κ3) is 5.39. The molecule has 2 aromatic rings. The van der Waals surface area contributed by atoms with E-state index < -0.39 is 5.97 Å². The van der Waals surface area contributed by atoms with E-state index in [4.69, 9.17) is 16.3 Å². The van der Waals surface area contributed by atoms with Crippen molar-refractivity contribution in [3.05, 3.63) is 58.6 Å². The summed E-state index contributed by atoms with van der Waals surface area (Å²) in [4.78, 5) is 23.6. The third-order valence-corrected chi connectivity index (χ3v) is 3.78. The molecule has 0 aliphatic carbocycles. The lowest BCUT2D eigenvalue weighted by Gasteiger charge is -2.10. The molecule has 132 valence electrons. The smallest absolute Gasteiger partial charge is 0.339 e. The predicted octanol–water partition coefficient (Wildman–Crippen LogP) is 2.86. The number of benzene rings is 2. The average molecular weight is 363 g/mol. The van der Waals surface area contributed by atoms with Crippen LogP contribution >= 0.6 is 11.6 Å². The molecule has 7 heteroatoms. The Morgan fingerprint density at radius 3 is 2.64 bits per heavy atom. The maximum absolute atomic E-state index is 12.0. The lowest BCUT2D eigenvalue weighted by Crippen LogP contribution is -2.29. The van der Waals surface area contributed by atoms with Gasteiger partial charge in [0.25, 0.3) is 0 Å². The zero-order valence-electron chi connectivity index (χ0n) is 14.0. The van der Waals surface area contributed by atoms with Crippen LogP contribution in [-0.4, -0.2) is 32.6 Å². The van der Waals surface area contributed by atoms with Gasteiger partial charge in [0.1, 0.15) is 5.75 Å². The molecular weight excluding hydrogens is 344 g/mol. The van der Waals surface area contributed by atoms with E-state index in [1.165, 1.54) is 7.11 Å². The second-order valence-corrected chi connectivity index (χ2v) is 5.58. The van der Waals surface area contributed by atoms with E-state index >= 15 is 0 Å². The summed E-state index contributed by atoms with van der Waals surface area (Å²) in [5.41, 5.74) is 1.78. The summed E-state index contributed by atoms with van der Waals surface area (Å²) in [5, 5.41) is 6.04. The number of carbonyl (C=O) groups is 2. The highest BCUT2D eigenvalue weighted by molar-refractivity contribution is 6.33. The molecule has 2 N–H and O–H groups in total. The minimum absolute atomic E-state index is 0.0617. The number of anilines is 1. The molecule has 0 saturated carbocycles. The Hall–Kier alpha value is -2.73. The number of methoxy groups -OCH3 is 2. The summed E-state index contributed by atoms with van der Waals surface area (Å²) in [6, 6.07) is 12.3. The highest BCUT2D eigenvalue weighted by Crippen LogP contribution is 2.21. The van der Waals surface area contributed by atoms with E-state index in [2.05, 4.69) is 15.4 Å². The van der Waals surface area contributed by atoms with Crippen molar-refractivity contribution in [2.45, 2.75) is 6.54 Å². The van der Waals surface area contributed by atoms with Crippen LogP contribution in [0.1, 0.15) is 15.9 Å². The number of esters is 1. The number of halogens is 1. The molecule has 1 amide bonds. The fourth-order valence-electron chi connectivity index (χ4n) is 2.13. The van der Waals surface area contributed by atoms with Crippen molar-refractivity contribution >= 4 is 29.2 Å². The molecule has 0 aliphatic heterocycles. The molecule has 0 atom stereocenters. The number of nitrogens with one attached hydrogen (secondary N) is 2. The van der Waals surface area contributed by atoms with Crippen LogP contribution in [0, 0.1) is 0 Å². The van der Waals surface area contributed by atoms with Gasteiger partial charge in [-0.05, 0) is 35.9 Å². The zero-order valence-corrected chi connectivity index (χ0v) is 14.7. The van der Waals surface area contributed by atoms with Gasteiger partial charge in [-0.15, -0.1) is 0 Å². The molecule has 6 nitrogen and oxygen atoms in total. The quantitative estimate of drug-likeness (QED) is 0.741. The SMILES string of the molecule is COC(=O)c1cc(NCC(=O)NCc2cccc(OC)c2)ccc1Cl. The largest absolute Gasteiger partial charge is 0.497 e. The van der Waals surface area contributed by atoms with Gasteiger partial charge in [0.05, 0.1) is 31.4 Å². The number of hydrogen-bond acceptors (Lipinski definition) is 5. The minimum atomic E-state index is -0.531. The van der Waals surface area contributed by atoms with Gasteiger partial charge in [0.2, 0.25) is 5.91 Å². The van der Waals surface area contributed by atoms with Gasteiger partial charge in [0.15, 0.2) is 0 Å². The van der Waals surface area contributed by atoms with Crippen LogP contribution in [0.5, 0.6) is 5.75 Å². The molecule has 0 radical (unpaired) electrons. The predicted molar refractivity (Wildman–Crippen MR) is 96.1 cm³/mol. The van der Waals surface area contributed by atoms with Crippen molar-refractivity contribution in [3.8, 4) is 5.75 Å². The van der Waals surface area contributed by atoms with Gasteiger partial charge >= 0.3 is 5.97 Å². The molecule has 0 aliphatic rings. The topological polar surface area (TPSA) is 76.7 Å². The summed E-state index contributed by atoms with van der Waals surface area (Å²) in [6.07, 6.45) is 0. The van der Waals surface area contributed by atoms with Crippen LogP contribution in [-0.2, 0) is 16.1 Å². The summed E-state index contributed by atoms with van der Waals surface area (Å²) in [7, 11) is 2.88. The van der Waals surface area contributed by atoms with E-state index in [0.717, 1.165) is 11.3 Å². The van der Waals surface area contributed by atoms with Crippen LogP contribution in [0.3, 0.4) is 0 Å². The van der Waals surface area contributed by atoms with Gasteiger partial charge in [-0.1, -0.05) is 23.7 Å². The zero-order chi connectivity index (χ0) is 18.2. The summed E-state index contributed by atoms with van der Waals surface area (Å²) in [6.45, 7) is 0.456. The fourth-order valence-corrected chi connectivity index (χ4v) is 2.32. The van der Waals surface area contributed by atoms with Gasteiger partial charge in [-0.25, -0.2) is 4.79 Å². The van der Waals surface area contributed by atoms with Crippen LogP contribution in [0.25, 0.3) is 0 Å². The third-order valence-electron chi connectivity index (χ3n) is 3.45. The van der Waals surface area contributed by atoms with Crippen LogP contribution in [0.15, 0.2) is 42.5 Å². The molecule has 0 fully saturated rings. The molecule has 2 rings (SSSR count). The maximum Gasteiger partial charge on any atom is 0.339 e. The Kier molecular flexibility index (Phi) is 6.65. The first kappa shape index (κ1) is 18.6. The summed E-state index contributed by atoms with van der Waals surface area (Å²) < 4.78 is 9.81. The highest BCUT2D eigenvalue weighted by atomic mass is 35.5. The molecule has 0 heterocycles. The Morgan fingerprint density at radius 2 is 1.92 bits per heavy atom. The van der Waals surface area contributed by atoms with Crippen molar-refractivity contribution in [3.63, 3.8) is 0 Å². The van der Waals surface area contributed by atoms with Crippen molar-refractivity contribution in [1.82, 2.24) is 5.32 Å².